The predicted octanol–water partition coefficient (Wildman–Crippen LogP) is 2.96. The maximum absolute atomic E-state index is 12.4. The number of rotatable bonds is 7. The standard InChI is InChI=1S/C18H16ClNO6S/c1-4-6-26-16-12(19)7-11(8-13(16)24-3)9-14-17(22)20(18(23)27-14)10-15(21)25-5-2/h1,7-9H,5-6,10H2,2-3H3/b14-9-. The van der Waals surface area contributed by atoms with Crippen LogP contribution in [0.15, 0.2) is 17.0 Å². The van der Waals surface area contributed by atoms with Crippen LogP contribution in [-0.4, -0.2) is 48.9 Å². The molecule has 2 amide bonds. The Balaban J connectivity index is 2.27. The normalized spacial score (nSPS) is 15.0. The van der Waals surface area contributed by atoms with Crippen LogP contribution in [0.4, 0.5) is 4.79 Å². The van der Waals surface area contributed by atoms with E-state index >= 15 is 0 Å². The largest absolute Gasteiger partial charge is 0.493 e. The van der Waals surface area contributed by atoms with Gasteiger partial charge in [0.15, 0.2) is 11.5 Å². The highest BCUT2D eigenvalue weighted by molar-refractivity contribution is 8.18. The molecule has 1 aliphatic heterocycles. The van der Waals surface area contributed by atoms with Crippen LogP contribution in [0.5, 0.6) is 11.5 Å². The molecule has 0 saturated carbocycles. The van der Waals surface area contributed by atoms with E-state index in [0.29, 0.717) is 11.3 Å². The lowest BCUT2D eigenvalue weighted by Crippen LogP contribution is -2.34. The van der Waals surface area contributed by atoms with Crippen LogP contribution in [0.25, 0.3) is 6.08 Å². The molecular formula is C18H16ClNO6S. The number of thioether (sulfide) groups is 1. The van der Waals surface area contributed by atoms with Gasteiger partial charge in [-0.3, -0.25) is 19.3 Å². The van der Waals surface area contributed by atoms with Gasteiger partial charge in [0, 0.05) is 0 Å². The Hall–Kier alpha value is -2.63. The molecule has 0 unspecified atom stereocenters. The predicted molar refractivity (Wildman–Crippen MR) is 102 cm³/mol. The van der Waals surface area contributed by atoms with Crippen LogP contribution in [0, 0.1) is 12.3 Å². The van der Waals surface area contributed by atoms with E-state index in [9.17, 15) is 14.4 Å². The molecule has 2 rings (SSSR count). The molecular weight excluding hydrogens is 394 g/mol. The maximum atomic E-state index is 12.4. The van der Waals surface area contributed by atoms with Crippen LogP contribution in [0.2, 0.25) is 5.02 Å². The highest BCUT2D eigenvalue weighted by atomic mass is 35.5. The maximum Gasteiger partial charge on any atom is 0.326 e. The van der Waals surface area contributed by atoms with Crippen molar-refractivity contribution >= 4 is 46.6 Å². The first-order valence-corrected chi connectivity index (χ1v) is 8.95. The molecule has 1 fully saturated rings. The SMILES string of the molecule is C#CCOc1c(Cl)cc(/C=C2\SC(=O)N(CC(=O)OCC)C2=O)cc1OC. The number of carbonyl (C=O) groups excluding carboxylic acids is 3. The fraction of sp³-hybridized carbons (Fsp3) is 0.278. The summed E-state index contributed by atoms with van der Waals surface area (Å²) in [6.45, 7) is 1.39. The first-order valence-electron chi connectivity index (χ1n) is 7.76. The molecule has 27 heavy (non-hydrogen) atoms. The molecule has 0 aromatic heterocycles. The van der Waals surface area contributed by atoms with Crippen molar-refractivity contribution in [3.05, 3.63) is 27.6 Å². The fourth-order valence-electron chi connectivity index (χ4n) is 2.20. The van der Waals surface area contributed by atoms with Crippen molar-refractivity contribution in [1.82, 2.24) is 4.90 Å². The van der Waals surface area contributed by atoms with Gasteiger partial charge >= 0.3 is 5.97 Å². The number of carbonyl (C=O) groups is 3. The first kappa shape index (κ1) is 20.7. The topological polar surface area (TPSA) is 82.1 Å². The second-order valence-corrected chi connectivity index (χ2v) is 6.50. The van der Waals surface area contributed by atoms with Gasteiger partial charge in [-0.25, -0.2) is 0 Å². The van der Waals surface area contributed by atoms with E-state index in [1.165, 1.54) is 13.2 Å². The van der Waals surface area contributed by atoms with E-state index in [0.717, 1.165) is 16.7 Å². The van der Waals surface area contributed by atoms with Crippen LogP contribution in [0.3, 0.4) is 0 Å². The number of ether oxygens (including phenoxy) is 3. The Morgan fingerprint density at radius 1 is 1.41 bits per heavy atom. The molecule has 1 saturated heterocycles. The molecule has 0 aliphatic carbocycles. The fourth-order valence-corrected chi connectivity index (χ4v) is 3.31. The summed E-state index contributed by atoms with van der Waals surface area (Å²) in [7, 11) is 1.44. The number of hydrogen-bond acceptors (Lipinski definition) is 7. The molecule has 1 aliphatic rings. The van der Waals surface area contributed by atoms with E-state index < -0.39 is 23.7 Å². The van der Waals surface area contributed by atoms with Crippen molar-refractivity contribution in [3.8, 4) is 23.8 Å². The van der Waals surface area contributed by atoms with Gasteiger partial charge in [0.05, 0.1) is 23.6 Å². The van der Waals surface area contributed by atoms with E-state index in [4.69, 9.17) is 32.2 Å². The average molecular weight is 410 g/mol. The zero-order valence-electron chi connectivity index (χ0n) is 14.6. The van der Waals surface area contributed by atoms with Crippen LogP contribution in [-0.2, 0) is 14.3 Å². The van der Waals surface area contributed by atoms with Gasteiger partial charge in [0.2, 0.25) is 0 Å². The zero-order valence-corrected chi connectivity index (χ0v) is 16.2. The van der Waals surface area contributed by atoms with Crippen LogP contribution in [0.1, 0.15) is 12.5 Å². The third-order valence-electron chi connectivity index (χ3n) is 3.32. The van der Waals surface area contributed by atoms with Crippen molar-refractivity contribution < 1.29 is 28.6 Å². The molecule has 0 bridgehead atoms. The second-order valence-electron chi connectivity index (χ2n) is 5.10. The van der Waals surface area contributed by atoms with Gasteiger partial charge < -0.3 is 14.2 Å². The van der Waals surface area contributed by atoms with Gasteiger partial charge in [-0.1, -0.05) is 17.5 Å². The van der Waals surface area contributed by atoms with Gasteiger partial charge in [-0.15, -0.1) is 6.42 Å². The average Bonchev–Trinajstić information content (AvgIpc) is 2.88. The number of hydrogen-bond donors (Lipinski definition) is 0. The van der Waals surface area contributed by atoms with Gasteiger partial charge in [-0.2, -0.15) is 0 Å². The number of imide groups is 1. The Bertz CT molecular complexity index is 845. The number of benzene rings is 1. The lowest BCUT2D eigenvalue weighted by molar-refractivity contribution is -0.145. The van der Waals surface area contributed by atoms with Crippen LogP contribution >= 0.6 is 23.4 Å². The summed E-state index contributed by atoms with van der Waals surface area (Å²) in [5, 5.41) is -0.312. The van der Waals surface area contributed by atoms with Gasteiger partial charge in [-0.05, 0) is 42.5 Å². The first-order chi connectivity index (χ1) is 12.9. The van der Waals surface area contributed by atoms with E-state index in [2.05, 4.69) is 5.92 Å². The number of halogens is 1. The summed E-state index contributed by atoms with van der Waals surface area (Å²) in [6.07, 6.45) is 6.65. The Morgan fingerprint density at radius 2 is 2.15 bits per heavy atom. The molecule has 142 valence electrons. The number of terminal acetylenes is 1. The number of esters is 1. The summed E-state index contributed by atoms with van der Waals surface area (Å²) in [6, 6.07) is 3.15. The summed E-state index contributed by atoms with van der Waals surface area (Å²) >= 11 is 6.92. The van der Waals surface area contributed by atoms with Crippen molar-refractivity contribution in [3.63, 3.8) is 0 Å². The number of amides is 2. The quantitative estimate of drug-likeness (QED) is 0.389. The lowest BCUT2D eigenvalue weighted by Gasteiger charge is -2.12. The van der Waals surface area contributed by atoms with E-state index in [1.54, 1.807) is 19.1 Å². The van der Waals surface area contributed by atoms with Gasteiger partial charge in [0.1, 0.15) is 13.2 Å². The van der Waals surface area contributed by atoms with E-state index in [-0.39, 0.29) is 28.9 Å². The molecule has 0 spiro atoms. The van der Waals surface area contributed by atoms with Crippen molar-refractivity contribution in [2.75, 3.05) is 26.9 Å². The number of methoxy groups -OCH3 is 1. The summed E-state index contributed by atoms with van der Waals surface area (Å²) in [5.41, 5.74) is 0.520. The Morgan fingerprint density at radius 3 is 2.78 bits per heavy atom. The molecule has 0 radical (unpaired) electrons. The lowest BCUT2D eigenvalue weighted by atomic mass is 10.1. The Labute approximate surface area is 165 Å². The summed E-state index contributed by atoms with van der Waals surface area (Å²) in [4.78, 5) is 37.0. The third-order valence-corrected chi connectivity index (χ3v) is 4.50. The molecule has 7 nitrogen and oxygen atoms in total. The van der Waals surface area contributed by atoms with Crippen molar-refractivity contribution in [2.24, 2.45) is 0 Å². The third kappa shape index (κ3) is 4.96. The number of nitrogens with zero attached hydrogens (tertiary/aromatic N) is 1. The molecule has 1 aromatic carbocycles. The molecule has 0 atom stereocenters. The smallest absolute Gasteiger partial charge is 0.326 e. The van der Waals surface area contributed by atoms with Crippen LogP contribution < -0.4 is 9.47 Å². The summed E-state index contributed by atoms with van der Waals surface area (Å²) < 4.78 is 15.4. The van der Waals surface area contributed by atoms with Gasteiger partial charge in [0.25, 0.3) is 11.1 Å². The minimum absolute atomic E-state index is 0.0160. The minimum Gasteiger partial charge on any atom is -0.493 e. The molecule has 1 heterocycles. The second kappa shape index (κ2) is 9.35. The monoisotopic (exact) mass is 409 g/mol. The highest BCUT2D eigenvalue weighted by Gasteiger charge is 2.36. The minimum atomic E-state index is -0.652. The Kier molecular flexibility index (Phi) is 7.16. The summed E-state index contributed by atoms with van der Waals surface area (Å²) in [5.74, 6) is 1.71. The van der Waals surface area contributed by atoms with E-state index in [1.807, 2.05) is 0 Å². The van der Waals surface area contributed by atoms with Crippen molar-refractivity contribution in [1.29, 1.82) is 0 Å². The molecule has 9 heteroatoms. The molecule has 1 aromatic rings. The molecule has 0 N–H and O–H groups in total. The highest BCUT2D eigenvalue weighted by Crippen LogP contribution is 2.38. The van der Waals surface area contributed by atoms with Crippen molar-refractivity contribution in [2.45, 2.75) is 6.92 Å². The zero-order chi connectivity index (χ0) is 20.0.